The van der Waals surface area contributed by atoms with Crippen molar-refractivity contribution in [2.45, 2.75) is 31.4 Å². The molecule has 1 atom stereocenters. The van der Waals surface area contributed by atoms with Gasteiger partial charge in [0.2, 0.25) is 5.91 Å². The first-order valence-corrected chi connectivity index (χ1v) is 8.03. The first-order valence-electron chi connectivity index (χ1n) is 6.60. The summed E-state index contributed by atoms with van der Waals surface area (Å²) in [5.41, 5.74) is 6.83. The third kappa shape index (κ3) is 6.50. The van der Waals surface area contributed by atoms with Crippen LogP contribution in [0, 0.1) is 0 Å². The summed E-state index contributed by atoms with van der Waals surface area (Å²) in [7, 11) is 0. The van der Waals surface area contributed by atoms with Gasteiger partial charge in [-0.2, -0.15) is 11.8 Å². The van der Waals surface area contributed by atoms with Crippen molar-refractivity contribution in [3.8, 4) is 0 Å². The molecule has 0 aliphatic heterocycles. The number of carbonyl (C=O) groups is 1. The Morgan fingerprint density at radius 1 is 1.55 bits per heavy atom. The summed E-state index contributed by atoms with van der Waals surface area (Å²) in [6.45, 7) is 2.29. The Morgan fingerprint density at radius 3 is 3.00 bits per heavy atom. The fourth-order valence-electron chi connectivity index (χ4n) is 1.63. The van der Waals surface area contributed by atoms with E-state index in [2.05, 4.69) is 12.2 Å². The molecule has 1 aromatic rings. The molecule has 0 aliphatic carbocycles. The number of hydrogen-bond donors (Lipinski definition) is 3. The van der Waals surface area contributed by atoms with Crippen molar-refractivity contribution in [1.82, 2.24) is 0 Å². The van der Waals surface area contributed by atoms with Crippen molar-refractivity contribution in [3.63, 3.8) is 0 Å². The maximum absolute atomic E-state index is 11.8. The number of nitrogens with two attached hydrogens (primary N) is 1. The fraction of sp³-hybridized carbons (Fsp3) is 0.500. The monoisotopic (exact) mass is 316 g/mol. The summed E-state index contributed by atoms with van der Waals surface area (Å²) in [4.78, 5) is 11.8. The van der Waals surface area contributed by atoms with E-state index in [-0.39, 0.29) is 12.5 Å². The lowest BCUT2D eigenvalue weighted by Gasteiger charge is -2.10. The third-order valence-corrected chi connectivity index (χ3v) is 4.34. The second-order valence-corrected chi connectivity index (χ2v) is 6.56. The van der Waals surface area contributed by atoms with Gasteiger partial charge in [-0.05, 0) is 36.8 Å². The van der Waals surface area contributed by atoms with E-state index >= 15 is 0 Å². The van der Waals surface area contributed by atoms with Gasteiger partial charge in [0.25, 0.3) is 0 Å². The molecule has 0 fully saturated rings. The summed E-state index contributed by atoms with van der Waals surface area (Å²) < 4.78 is 0. The Hall–Kier alpha value is -0.910. The van der Waals surface area contributed by atoms with E-state index in [1.54, 1.807) is 30.0 Å². The van der Waals surface area contributed by atoms with E-state index in [1.165, 1.54) is 0 Å². The van der Waals surface area contributed by atoms with E-state index in [0.29, 0.717) is 28.1 Å². The number of nitrogen functional groups attached to an aromatic ring is 1. The van der Waals surface area contributed by atoms with Crippen LogP contribution in [0.1, 0.15) is 26.2 Å². The number of anilines is 2. The van der Waals surface area contributed by atoms with E-state index in [9.17, 15) is 4.79 Å². The Morgan fingerprint density at radius 2 is 2.30 bits per heavy atom. The first kappa shape index (κ1) is 17.1. The number of carbonyl (C=O) groups excluding carboxylic acids is 1. The lowest BCUT2D eigenvalue weighted by Crippen LogP contribution is -2.13. The number of amides is 1. The summed E-state index contributed by atoms with van der Waals surface area (Å²) in [6.07, 6.45) is 2.04. The molecule has 0 saturated carbocycles. The van der Waals surface area contributed by atoms with Gasteiger partial charge in [-0.3, -0.25) is 4.79 Å². The number of benzene rings is 1. The predicted octanol–water partition coefficient (Wildman–Crippen LogP) is 3.15. The molecule has 0 saturated heterocycles. The third-order valence-electron chi connectivity index (χ3n) is 2.78. The molecule has 4 nitrogen and oxygen atoms in total. The average molecular weight is 317 g/mol. The second-order valence-electron chi connectivity index (χ2n) is 4.58. The first-order chi connectivity index (χ1) is 9.52. The maximum Gasteiger partial charge on any atom is 0.224 e. The molecule has 1 unspecified atom stereocenters. The predicted molar refractivity (Wildman–Crippen MR) is 87.4 cm³/mol. The summed E-state index contributed by atoms with van der Waals surface area (Å²) in [6, 6.07) is 5.00. The molecule has 4 N–H and O–H groups in total. The van der Waals surface area contributed by atoms with Crippen molar-refractivity contribution in [2.24, 2.45) is 0 Å². The molecule has 1 amide bonds. The largest absolute Gasteiger partial charge is 0.397 e. The van der Waals surface area contributed by atoms with E-state index in [1.807, 2.05) is 0 Å². The maximum atomic E-state index is 11.8. The fourth-order valence-corrected chi connectivity index (χ4v) is 2.79. The molecule has 0 spiro atoms. The van der Waals surface area contributed by atoms with Crippen LogP contribution in [0.25, 0.3) is 0 Å². The highest BCUT2D eigenvalue weighted by Gasteiger charge is 2.07. The van der Waals surface area contributed by atoms with Crippen LogP contribution >= 0.6 is 23.4 Å². The summed E-state index contributed by atoms with van der Waals surface area (Å²) >= 11 is 7.63. The number of halogens is 1. The van der Waals surface area contributed by atoms with Crippen LogP contribution in [0.15, 0.2) is 18.2 Å². The van der Waals surface area contributed by atoms with E-state index in [4.69, 9.17) is 22.4 Å². The van der Waals surface area contributed by atoms with Gasteiger partial charge in [0.05, 0.1) is 11.4 Å². The molecule has 0 aliphatic rings. The Balaban J connectivity index is 2.28. The molecule has 6 heteroatoms. The van der Waals surface area contributed by atoms with E-state index < -0.39 is 0 Å². The van der Waals surface area contributed by atoms with Crippen LogP contribution in [-0.2, 0) is 4.79 Å². The van der Waals surface area contributed by atoms with Crippen LogP contribution in [0.2, 0.25) is 5.02 Å². The minimum Gasteiger partial charge on any atom is -0.397 e. The number of aliphatic hydroxyl groups excluding tert-OH is 1. The number of hydrogen-bond acceptors (Lipinski definition) is 4. The average Bonchev–Trinajstić information content (AvgIpc) is 2.39. The van der Waals surface area contributed by atoms with Crippen molar-refractivity contribution < 1.29 is 9.90 Å². The lowest BCUT2D eigenvalue weighted by molar-refractivity contribution is -0.116. The molecular weight excluding hydrogens is 296 g/mol. The van der Waals surface area contributed by atoms with Gasteiger partial charge in [0.1, 0.15) is 0 Å². The van der Waals surface area contributed by atoms with Gasteiger partial charge in [0.15, 0.2) is 0 Å². The number of thioether (sulfide) groups is 1. The molecule has 1 aromatic carbocycles. The minimum absolute atomic E-state index is 0.0608. The van der Waals surface area contributed by atoms with Gasteiger partial charge in [-0.15, -0.1) is 0 Å². The molecule has 0 heterocycles. The van der Waals surface area contributed by atoms with Crippen molar-refractivity contribution in [3.05, 3.63) is 23.2 Å². The van der Waals surface area contributed by atoms with Gasteiger partial charge in [-0.1, -0.05) is 18.5 Å². The minimum atomic E-state index is -0.0608. The van der Waals surface area contributed by atoms with Crippen molar-refractivity contribution >= 4 is 40.6 Å². The van der Waals surface area contributed by atoms with Crippen LogP contribution in [-0.4, -0.2) is 28.6 Å². The molecule has 1 rings (SSSR count). The highest BCUT2D eigenvalue weighted by Crippen LogP contribution is 2.23. The summed E-state index contributed by atoms with van der Waals surface area (Å²) in [5.74, 6) is 0.842. The quantitative estimate of drug-likeness (QED) is 0.509. The van der Waals surface area contributed by atoms with Crippen LogP contribution < -0.4 is 11.1 Å². The highest BCUT2D eigenvalue weighted by molar-refractivity contribution is 7.99. The van der Waals surface area contributed by atoms with Gasteiger partial charge < -0.3 is 16.2 Å². The number of rotatable bonds is 8. The second kappa shape index (κ2) is 9.10. The molecule has 0 radical (unpaired) electrons. The topological polar surface area (TPSA) is 75.3 Å². The molecule has 0 aromatic heterocycles. The highest BCUT2D eigenvalue weighted by atomic mass is 35.5. The van der Waals surface area contributed by atoms with E-state index in [0.717, 1.165) is 18.6 Å². The zero-order chi connectivity index (χ0) is 15.0. The van der Waals surface area contributed by atoms with Crippen LogP contribution in [0.3, 0.4) is 0 Å². The smallest absolute Gasteiger partial charge is 0.224 e. The van der Waals surface area contributed by atoms with Crippen molar-refractivity contribution in [1.29, 1.82) is 0 Å². The van der Waals surface area contributed by atoms with Crippen LogP contribution in [0.5, 0.6) is 0 Å². The molecule has 20 heavy (non-hydrogen) atoms. The Bertz CT molecular complexity index is 443. The number of aliphatic hydroxyl groups is 1. The zero-order valence-electron chi connectivity index (χ0n) is 11.6. The molecular formula is C14H21ClN2O2S. The summed E-state index contributed by atoms with van der Waals surface area (Å²) in [5, 5.41) is 12.5. The van der Waals surface area contributed by atoms with Crippen LogP contribution in [0.4, 0.5) is 11.4 Å². The number of nitrogens with one attached hydrogen (secondary N) is 1. The van der Waals surface area contributed by atoms with Gasteiger partial charge in [-0.25, -0.2) is 0 Å². The standard InChI is InChI=1S/C14H21ClN2O2S/c1-10(6-7-18)20-8-2-3-14(19)17-13-9-11(15)4-5-12(13)16/h4-5,9-10,18H,2-3,6-8,16H2,1H3,(H,17,19). The zero-order valence-corrected chi connectivity index (χ0v) is 13.1. The Kier molecular flexibility index (Phi) is 7.80. The van der Waals surface area contributed by atoms with Gasteiger partial charge in [0, 0.05) is 23.3 Å². The van der Waals surface area contributed by atoms with Crippen molar-refractivity contribution in [2.75, 3.05) is 23.4 Å². The molecule has 0 bridgehead atoms. The molecule has 112 valence electrons. The van der Waals surface area contributed by atoms with Gasteiger partial charge >= 0.3 is 0 Å². The normalized spacial score (nSPS) is 12.2. The Labute approximate surface area is 129 Å². The lowest BCUT2D eigenvalue weighted by atomic mass is 10.2. The SMILES string of the molecule is CC(CCO)SCCCC(=O)Nc1cc(Cl)ccc1N.